The quantitative estimate of drug-likeness (QED) is 0.745. The van der Waals surface area contributed by atoms with Crippen molar-refractivity contribution < 1.29 is 13.2 Å². The van der Waals surface area contributed by atoms with Gasteiger partial charge in [0.15, 0.2) is 21.5 Å². The highest BCUT2D eigenvalue weighted by Gasteiger charge is 2.32. The highest BCUT2D eigenvalue weighted by Crippen LogP contribution is 2.32. The van der Waals surface area contributed by atoms with Crippen molar-refractivity contribution in [3.05, 3.63) is 6.33 Å². The first kappa shape index (κ1) is 16.0. The molecule has 2 aliphatic rings. The zero-order chi connectivity index (χ0) is 16.6. The first-order valence-electron chi connectivity index (χ1n) is 7.73. The third-order valence-electron chi connectivity index (χ3n) is 4.00. The number of fused-ring (bicyclic) bond motifs is 1. The van der Waals surface area contributed by atoms with Crippen LogP contribution in [0.1, 0.15) is 26.7 Å². The molecule has 23 heavy (non-hydrogen) atoms. The predicted molar refractivity (Wildman–Crippen MR) is 88.2 cm³/mol. The Morgan fingerprint density at radius 2 is 2.17 bits per heavy atom. The van der Waals surface area contributed by atoms with Gasteiger partial charge in [0.1, 0.15) is 18.1 Å². The maximum atomic E-state index is 12.2. The number of hydrogen-bond acceptors (Lipinski definition) is 7. The molecule has 1 aromatic heterocycles. The third-order valence-corrected chi connectivity index (χ3v) is 5.77. The van der Waals surface area contributed by atoms with Crippen LogP contribution in [0.3, 0.4) is 0 Å². The summed E-state index contributed by atoms with van der Waals surface area (Å²) in [6.45, 7) is 4.11. The van der Waals surface area contributed by atoms with E-state index in [4.69, 9.17) is 0 Å². The SMILES string of the molecule is CC(C)CC1Nc2ncnc(NC3CCS(=O)(=O)C3)c2NC1=O. The molecular weight excluding hydrogens is 318 g/mol. The van der Waals surface area contributed by atoms with Crippen LogP contribution in [0.4, 0.5) is 17.3 Å². The van der Waals surface area contributed by atoms with Crippen LogP contribution < -0.4 is 16.0 Å². The Bertz CT molecular complexity index is 719. The van der Waals surface area contributed by atoms with Crippen molar-refractivity contribution in [3.8, 4) is 0 Å². The lowest BCUT2D eigenvalue weighted by atomic mass is 10.0. The molecular formula is C14H21N5O3S. The van der Waals surface area contributed by atoms with Crippen LogP contribution in [-0.2, 0) is 14.6 Å². The second-order valence-electron chi connectivity index (χ2n) is 6.51. The first-order chi connectivity index (χ1) is 10.8. The summed E-state index contributed by atoms with van der Waals surface area (Å²) in [7, 11) is -2.98. The number of nitrogens with zero attached hydrogens (tertiary/aromatic N) is 2. The van der Waals surface area contributed by atoms with E-state index < -0.39 is 9.84 Å². The molecule has 0 spiro atoms. The maximum absolute atomic E-state index is 12.2. The standard InChI is InChI=1S/C14H21N5O3S/c1-8(2)5-10-14(20)19-11-12(15-7-16-13(11)18-10)17-9-3-4-23(21,22)6-9/h7-10H,3-6H2,1-2H3,(H,19,20)(H2,15,16,17,18). The van der Waals surface area contributed by atoms with Gasteiger partial charge in [-0.15, -0.1) is 0 Å². The molecule has 0 bridgehead atoms. The molecule has 1 aromatic rings. The van der Waals surface area contributed by atoms with E-state index in [1.54, 1.807) is 0 Å². The molecule has 3 N–H and O–H groups in total. The highest BCUT2D eigenvalue weighted by molar-refractivity contribution is 7.91. The molecule has 0 radical (unpaired) electrons. The maximum Gasteiger partial charge on any atom is 0.247 e. The number of amides is 1. The van der Waals surface area contributed by atoms with Crippen molar-refractivity contribution in [2.75, 3.05) is 27.5 Å². The van der Waals surface area contributed by atoms with Crippen LogP contribution in [0.25, 0.3) is 0 Å². The summed E-state index contributed by atoms with van der Waals surface area (Å²) in [5, 5.41) is 9.09. The fourth-order valence-corrected chi connectivity index (χ4v) is 4.58. The number of carbonyl (C=O) groups excluding carboxylic acids is 1. The Morgan fingerprint density at radius 1 is 1.39 bits per heavy atom. The largest absolute Gasteiger partial charge is 0.364 e. The van der Waals surface area contributed by atoms with Crippen molar-refractivity contribution in [2.24, 2.45) is 5.92 Å². The van der Waals surface area contributed by atoms with Crippen LogP contribution >= 0.6 is 0 Å². The Labute approximate surface area is 135 Å². The number of carbonyl (C=O) groups is 1. The average Bonchev–Trinajstić information content (AvgIpc) is 2.79. The molecule has 8 nitrogen and oxygen atoms in total. The van der Waals surface area contributed by atoms with Gasteiger partial charge in [-0.2, -0.15) is 0 Å². The Kier molecular flexibility index (Phi) is 4.13. The molecule has 2 aliphatic heterocycles. The van der Waals surface area contributed by atoms with E-state index in [1.807, 2.05) is 0 Å². The fourth-order valence-electron chi connectivity index (χ4n) is 2.90. The van der Waals surface area contributed by atoms with Crippen molar-refractivity contribution in [1.82, 2.24) is 9.97 Å². The lowest BCUT2D eigenvalue weighted by molar-refractivity contribution is -0.117. The molecule has 0 aliphatic carbocycles. The number of sulfone groups is 1. The minimum atomic E-state index is -2.98. The summed E-state index contributed by atoms with van der Waals surface area (Å²) in [6.07, 6.45) is 2.65. The fraction of sp³-hybridized carbons (Fsp3) is 0.643. The molecule has 126 valence electrons. The second kappa shape index (κ2) is 5.95. The molecule has 2 unspecified atom stereocenters. The van der Waals surface area contributed by atoms with Gasteiger partial charge in [-0.3, -0.25) is 4.79 Å². The minimum Gasteiger partial charge on any atom is -0.364 e. The van der Waals surface area contributed by atoms with E-state index in [-0.39, 0.29) is 29.5 Å². The van der Waals surface area contributed by atoms with Gasteiger partial charge in [0.05, 0.1) is 11.5 Å². The van der Waals surface area contributed by atoms with Gasteiger partial charge in [0.2, 0.25) is 5.91 Å². The summed E-state index contributed by atoms with van der Waals surface area (Å²) >= 11 is 0. The van der Waals surface area contributed by atoms with Crippen LogP contribution in [0.2, 0.25) is 0 Å². The molecule has 2 atom stereocenters. The summed E-state index contributed by atoms with van der Waals surface area (Å²) in [5.74, 6) is 1.54. The highest BCUT2D eigenvalue weighted by atomic mass is 32.2. The third kappa shape index (κ3) is 3.54. The van der Waals surface area contributed by atoms with E-state index in [9.17, 15) is 13.2 Å². The van der Waals surface area contributed by atoms with Crippen LogP contribution in [0, 0.1) is 5.92 Å². The summed E-state index contributed by atoms with van der Waals surface area (Å²) in [6, 6.07) is -0.513. The monoisotopic (exact) mass is 339 g/mol. The van der Waals surface area contributed by atoms with Gasteiger partial charge < -0.3 is 16.0 Å². The van der Waals surface area contributed by atoms with E-state index in [2.05, 4.69) is 39.8 Å². The van der Waals surface area contributed by atoms with Gasteiger partial charge >= 0.3 is 0 Å². The molecule has 1 saturated heterocycles. The lowest BCUT2D eigenvalue weighted by Crippen LogP contribution is -2.40. The normalized spacial score (nSPS) is 25.6. The zero-order valence-corrected chi connectivity index (χ0v) is 14.0. The van der Waals surface area contributed by atoms with E-state index in [0.717, 1.165) is 0 Å². The summed E-state index contributed by atoms with van der Waals surface area (Å²) < 4.78 is 23.1. The predicted octanol–water partition coefficient (Wildman–Crippen LogP) is 0.854. The molecule has 0 aromatic carbocycles. The van der Waals surface area contributed by atoms with Crippen molar-refractivity contribution >= 4 is 33.1 Å². The summed E-state index contributed by atoms with van der Waals surface area (Å²) in [5.41, 5.74) is 0.488. The number of anilines is 3. The number of hydrogen-bond donors (Lipinski definition) is 3. The van der Waals surface area contributed by atoms with Crippen molar-refractivity contribution in [3.63, 3.8) is 0 Å². The number of aromatic nitrogens is 2. The van der Waals surface area contributed by atoms with E-state index in [1.165, 1.54) is 6.33 Å². The van der Waals surface area contributed by atoms with Crippen LogP contribution in [0.15, 0.2) is 6.33 Å². The molecule has 1 fully saturated rings. The minimum absolute atomic E-state index is 0.0864. The van der Waals surface area contributed by atoms with Gasteiger partial charge in [0.25, 0.3) is 0 Å². The van der Waals surface area contributed by atoms with E-state index in [0.29, 0.717) is 36.1 Å². The van der Waals surface area contributed by atoms with Gasteiger partial charge in [-0.25, -0.2) is 18.4 Å². The smallest absolute Gasteiger partial charge is 0.247 e. The lowest BCUT2D eigenvalue weighted by Gasteiger charge is -2.28. The zero-order valence-electron chi connectivity index (χ0n) is 13.2. The average molecular weight is 339 g/mol. The summed E-state index contributed by atoms with van der Waals surface area (Å²) in [4.78, 5) is 20.6. The number of rotatable bonds is 4. The molecule has 9 heteroatoms. The van der Waals surface area contributed by atoms with Crippen LogP contribution in [-0.4, -0.2) is 47.9 Å². The Morgan fingerprint density at radius 3 is 2.83 bits per heavy atom. The van der Waals surface area contributed by atoms with Crippen molar-refractivity contribution in [1.29, 1.82) is 0 Å². The molecule has 3 heterocycles. The topological polar surface area (TPSA) is 113 Å². The Hall–Kier alpha value is -1.90. The van der Waals surface area contributed by atoms with Crippen LogP contribution in [0.5, 0.6) is 0 Å². The van der Waals surface area contributed by atoms with Gasteiger partial charge in [0, 0.05) is 6.04 Å². The Balaban J connectivity index is 1.79. The molecule has 1 amide bonds. The second-order valence-corrected chi connectivity index (χ2v) is 8.73. The van der Waals surface area contributed by atoms with Gasteiger partial charge in [-0.1, -0.05) is 13.8 Å². The molecule has 0 saturated carbocycles. The molecule has 3 rings (SSSR count). The van der Waals surface area contributed by atoms with Crippen molar-refractivity contribution in [2.45, 2.75) is 38.8 Å². The van der Waals surface area contributed by atoms with Gasteiger partial charge in [-0.05, 0) is 18.8 Å². The van der Waals surface area contributed by atoms with E-state index >= 15 is 0 Å². The first-order valence-corrected chi connectivity index (χ1v) is 9.55. The number of nitrogens with one attached hydrogen (secondary N) is 3.